The number of methoxy groups -OCH3 is 2. The number of aromatic nitrogens is 1. The van der Waals surface area contributed by atoms with Crippen molar-refractivity contribution in [3.63, 3.8) is 0 Å². The minimum Gasteiger partial charge on any atom is -0.493 e. The van der Waals surface area contributed by atoms with E-state index < -0.39 is 0 Å². The van der Waals surface area contributed by atoms with Crippen molar-refractivity contribution in [2.45, 2.75) is 32.6 Å². The normalized spacial score (nSPS) is 10.6. The fourth-order valence-corrected chi connectivity index (χ4v) is 2.92. The van der Waals surface area contributed by atoms with Gasteiger partial charge in [-0.1, -0.05) is 31.1 Å². The summed E-state index contributed by atoms with van der Waals surface area (Å²) in [6.45, 7) is 2.12. The van der Waals surface area contributed by atoms with Crippen LogP contribution >= 0.6 is 11.3 Å². The Morgan fingerprint density at radius 1 is 1.24 bits per heavy atom. The minimum absolute atomic E-state index is 0.0152. The Labute approximate surface area is 128 Å². The summed E-state index contributed by atoms with van der Waals surface area (Å²) in [6, 6.07) is 3.69. The van der Waals surface area contributed by atoms with Gasteiger partial charge in [-0.15, -0.1) is 0 Å². The minimum atomic E-state index is 0.0152. The van der Waals surface area contributed by atoms with Gasteiger partial charge in [0.1, 0.15) is 0 Å². The van der Waals surface area contributed by atoms with E-state index in [2.05, 4.69) is 17.2 Å². The smallest absolute Gasteiger partial charge is 0.226 e. The number of carbonyl (C=O) groups is 1. The van der Waals surface area contributed by atoms with E-state index in [1.165, 1.54) is 11.3 Å². The number of nitrogens with one attached hydrogen (secondary N) is 1. The van der Waals surface area contributed by atoms with E-state index >= 15 is 0 Å². The average Bonchev–Trinajstić information content (AvgIpc) is 2.86. The van der Waals surface area contributed by atoms with Crippen LogP contribution in [0.3, 0.4) is 0 Å². The molecule has 21 heavy (non-hydrogen) atoms. The molecule has 0 saturated carbocycles. The molecule has 5 nitrogen and oxygen atoms in total. The second-order valence-corrected chi connectivity index (χ2v) is 5.73. The number of hydrogen-bond acceptors (Lipinski definition) is 5. The van der Waals surface area contributed by atoms with Gasteiger partial charge in [0.15, 0.2) is 16.6 Å². The van der Waals surface area contributed by atoms with Crippen LogP contribution in [-0.2, 0) is 4.79 Å². The number of unbranched alkanes of at least 4 members (excludes halogenated alkanes) is 2. The van der Waals surface area contributed by atoms with Crippen molar-refractivity contribution < 1.29 is 14.3 Å². The van der Waals surface area contributed by atoms with Gasteiger partial charge in [-0.2, -0.15) is 0 Å². The van der Waals surface area contributed by atoms with Crippen molar-refractivity contribution in [1.29, 1.82) is 0 Å². The second-order valence-electron chi connectivity index (χ2n) is 4.70. The van der Waals surface area contributed by atoms with Gasteiger partial charge in [0.2, 0.25) is 5.91 Å². The molecule has 6 heteroatoms. The Kier molecular flexibility index (Phi) is 5.38. The summed E-state index contributed by atoms with van der Waals surface area (Å²) in [5.41, 5.74) is 0.793. The number of fused-ring (bicyclic) bond motifs is 1. The fraction of sp³-hybridized carbons (Fsp3) is 0.467. The zero-order chi connectivity index (χ0) is 15.2. The van der Waals surface area contributed by atoms with Gasteiger partial charge in [0.05, 0.1) is 24.4 Å². The maximum atomic E-state index is 11.8. The Balaban J connectivity index is 2.13. The van der Waals surface area contributed by atoms with E-state index in [0.29, 0.717) is 23.1 Å². The van der Waals surface area contributed by atoms with Crippen LogP contribution in [0.2, 0.25) is 0 Å². The molecule has 0 unspecified atom stereocenters. The molecule has 1 aromatic heterocycles. The number of benzene rings is 1. The molecule has 1 heterocycles. The first-order valence-electron chi connectivity index (χ1n) is 7.00. The zero-order valence-corrected chi connectivity index (χ0v) is 13.4. The Morgan fingerprint density at radius 2 is 1.95 bits per heavy atom. The summed E-state index contributed by atoms with van der Waals surface area (Å²) >= 11 is 1.43. The van der Waals surface area contributed by atoms with E-state index in [9.17, 15) is 4.79 Å². The molecule has 1 amide bonds. The van der Waals surface area contributed by atoms with Crippen LogP contribution in [-0.4, -0.2) is 25.1 Å². The van der Waals surface area contributed by atoms with Gasteiger partial charge in [-0.3, -0.25) is 4.79 Å². The van der Waals surface area contributed by atoms with Gasteiger partial charge in [0.25, 0.3) is 0 Å². The molecule has 114 valence electrons. The first-order chi connectivity index (χ1) is 10.2. The standard InChI is InChI=1S/C15H20N2O3S/c1-4-5-6-7-14(18)17-15-16-10-8-11(19-2)12(20-3)9-13(10)21-15/h8-9H,4-7H2,1-3H3,(H,16,17,18). The highest BCUT2D eigenvalue weighted by molar-refractivity contribution is 7.22. The maximum Gasteiger partial charge on any atom is 0.226 e. The van der Waals surface area contributed by atoms with Gasteiger partial charge >= 0.3 is 0 Å². The summed E-state index contributed by atoms with van der Waals surface area (Å²) in [6.07, 6.45) is 3.63. The maximum absolute atomic E-state index is 11.8. The lowest BCUT2D eigenvalue weighted by atomic mass is 10.2. The monoisotopic (exact) mass is 308 g/mol. The van der Waals surface area contributed by atoms with E-state index in [-0.39, 0.29) is 5.91 Å². The quantitative estimate of drug-likeness (QED) is 0.790. The molecule has 0 fully saturated rings. The van der Waals surface area contributed by atoms with Crippen LogP contribution in [0.25, 0.3) is 10.2 Å². The lowest BCUT2D eigenvalue weighted by Crippen LogP contribution is -2.10. The topological polar surface area (TPSA) is 60.5 Å². The predicted octanol–water partition coefficient (Wildman–Crippen LogP) is 3.83. The molecule has 0 atom stereocenters. The third-order valence-corrected chi connectivity index (χ3v) is 4.08. The highest BCUT2D eigenvalue weighted by atomic mass is 32.1. The molecule has 1 N–H and O–H groups in total. The molecular formula is C15H20N2O3S. The SMILES string of the molecule is CCCCCC(=O)Nc1nc2cc(OC)c(OC)cc2s1. The number of ether oxygens (including phenoxy) is 2. The summed E-state index contributed by atoms with van der Waals surface area (Å²) in [4.78, 5) is 16.2. The summed E-state index contributed by atoms with van der Waals surface area (Å²) in [5.74, 6) is 1.31. The van der Waals surface area contributed by atoms with E-state index in [1.807, 2.05) is 12.1 Å². The lowest BCUT2D eigenvalue weighted by Gasteiger charge is -2.05. The molecule has 1 aromatic carbocycles. The van der Waals surface area contributed by atoms with Gasteiger partial charge < -0.3 is 14.8 Å². The molecule has 0 bridgehead atoms. The third kappa shape index (κ3) is 3.85. The fourth-order valence-electron chi connectivity index (χ4n) is 2.03. The second kappa shape index (κ2) is 7.26. The summed E-state index contributed by atoms with van der Waals surface area (Å²) < 4.78 is 11.5. The van der Waals surface area contributed by atoms with E-state index in [0.717, 1.165) is 29.5 Å². The molecule has 0 radical (unpaired) electrons. The first kappa shape index (κ1) is 15.6. The van der Waals surface area contributed by atoms with E-state index in [1.54, 1.807) is 14.2 Å². The number of carbonyl (C=O) groups excluding carboxylic acids is 1. The van der Waals surface area contributed by atoms with Crippen LogP contribution in [0.15, 0.2) is 12.1 Å². The number of amides is 1. The van der Waals surface area contributed by atoms with Crippen LogP contribution < -0.4 is 14.8 Å². The van der Waals surface area contributed by atoms with Crippen LogP contribution in [0.1, 0.15) is 32.6 Å². The van der Waals surface area contributed by atoms with Crippen molar-refractivity contribution >= 4 is 32.6 Å². The molecule has 0 saturated heterocycles. The number of nitrogens with zero attached hydrogens (tertiary/aromatic N) is 1. The average molecular weight is 308 g/mol. The van der Waals surface area contributed by atoms with Crippen LogP contribution in [0, 0.1) is 0 Å². The summed E-state index contributed by atoms with van der Waals surface area (Å²) in [5, 5.41) is 3.46. The molecule has 2 aromatic rings. The molecular weight excluding hydrogens is 288 g/mol. The van der Waals surface area contributed by atoms with Gasteiger partial charge in [-0.25, -0.2) is 4.98 Å². The van der Waals surface area contributed by atoms with Crippen molar-refractivity contribution in [2.24, 2.45) is 0 Å². The first-order valence-corrected chi connectivity index (χ1v) is 7.82. The number of thiazole rings is 1. The molecule has 0 aliphatic rings. The van der Waals surface area contributed by atoms with Crippen LogP contribution in [0.4, 0.5) is 5.13 Å². The van der Waals surface area contributed by atoms with Gasteiger partial charge in [-0.05, 0) is 6.42 Å². The summed E-state index contributed by atoms with van der Waals surface area (Å²) in [7, 11) is 3.19. The highest BCUT2D eigenvalue weighted by Crippen LogP contribution is 2.36. The Morgan fingerprint density at radius 3 is 2.62 bits per heavy atom. The predicted molar refractivity (Wildman–Crippen MR) is 85.5 cm³/mol. The van der Waals surface area contributed by atoms with Crippen LogP contribution in [0.5, 0.6) is 11.5 Å². The van der Waals surface area contributed by atoms with Crippen molar-refractivity contribution in [3.05, 3.63) is 12.1 Å². The molecule has 2 rings (SSSR count). The molecule has 0 aliphatic heterocycles. The molecule has 0 spiro atoms. The number of hydrogen-bond donors (Lipinski definition) is 1. The van der Waals surface area contributed by atoms with Gasteiger partial charge in [0, 0.05) is 18.6 Å². The third-order valence-electron chi connectivity index (χ3n) is 3.15. The van der Waals surface area contributed by atoms with Crippen molar-refractivity contribution in [2.75, 3.05) is 19.5 Å². The zero-order valence-electron chi connectivity index (χ0n) is 12.6. The van der Waals surface area contributed by atoms with Crippen molar-refractivity contribution in [1.82, 2.24) is 4.98 Å². The lowest BCUT2D eigenvalue weighted by molar-refractivity contribution is -0.116. The Bertz CT molecular complexity index is 584. The van der Waals surface area contributed by atoms with Crippen molar-refractivity contribution in [3.8, 4) is 11.5 Å². The largest absolute Gasteiger partial charge is 0.493 e. The number of rotatable bonds is 7. The van der Waals surface area contributed by atoms with E-state index in [4.69, 9.17) is 9.47 Å². The highest BCUT2D eigenvalue weighted by Gasteiger charge is 2.12. The molecule has 0 aliphatic carbocycles. The number of anilines is 1. The Hall–Kier alpha value is -1.82.